The van der Waals surface area contributed by atoms with E-state index in [1.165, 1.54) is 17.2 Å². The minimum Gasteiger partial charge on any atom is -0.321 e. The molecule has 3 heteroatoms. The quantitative estimate of drug-likeness (QED) is 0.869. The molecule has 0 radical (unpaired) electrons. The third kappa shape index (κ3) is 3.10. The molecule has 1 unspecified atom stereocenters. The standard InChI is InChI=1S/C17H19BrFN/c1-11-7-8-14(9-12(11)2)17(3,20)10-13-5-4-6-15(19)16(13)18/h4-9H,10,20H2,1-3H3. The summed E-state index contributed by atoms with van der Waals surface area (Å²) in [5.74, 6) is -0.251. The van der Waals surface area contributed by atoms with Crippen molar-refractivity contribution in [3.8, 4) is 0 Å². The monoisotopic (exact) mass is 335 g/mol. The summed E-state index contributed by atoms with van der Waals surface area (Å²) >= 11 is 3.30. The first kappa shape index (κ1) is 15.2. The van der Waals surface area contributed by atoms with Crippen LogP contribution in [0, 0.1) is 19.7 Å². The van der Waals surface area contributed by atoms with Crippen LogP contribution in [0.25, 0.3) is 0 Å². The molecule has 2 aromatic rings. The van der Waals surface area contributed by atoms with Gasteiger partial charge in [0.2, 0.25) is 0 Å². The second-order valence-electron chi connectivity index (χ2n) is 5.61. The maximum atomic E-state index is 13.6. The molecule has 0 aromatic heterocycles. The summed E-state index contributed by atoms with van der Waals surface area (Å²) in [6, 6.07) is 11.3. The van der Waals surface area contributed by atoms with Crippen LogP contribution >= 0.6 is 15.9 Å². The van der Waals surface area contributed by atoms with Gasteiger partial charge >= 0.3 is 0 Å². The van der Waals surface area contributed by atoms with Crippen molar-refractivity contribution in [2.75, 3.05) is 0 Å². The predicted molar refractivity (Wildman–Crippen MR) is 85.3 cm³/mol. The SMILES string of the molecule is Cc1ccc(C(C)(N)Cc2cccc(F)c2Br)cc1C. The van der Waals surface area contributed by atoms with Gasteiger partial charge in [0.25, 0.3) is 0 Å². The van der Waals surface area contributed by atoms with Crippen LogP contribution in [-0.2, 0) is 12.0 Å². The summed E-state index contributed by atoms with van der Waals surface area (Å²) < 4.78 is 14.1. The fraction of sp³-hybridized carbons (Fsp3) is 0.294. The van der Waals surface area contributed by atoms with E-state index < -0.39 is 5.54 Å². The van der Waals surface area contributed by atoms with Crippen molar-refractivity contribution >= 4 is 15.9 Å². The molecule has 2 aromatic carbocycles. The van der Waals surface area contributed by atoms with E-state index in [-0.39, 0.29) is 5.82 Å². The van der Waals surface area contributed by atoms with Gasteiger partial charge in [-0.1, -0.05) is 30.3 Å². The summed E-state index contributed by atoms with van der Waals surface area (Å²) in [4.78, 5) is 0. The van der Waals surface area contributed by atoms with Gasteiger partial charge in [0.15, 0.2) is 0 Å². The smallest absolute Gasteiger partial charge is 0.137 e. The molecule has 2 rings (SSSR count). The van der Waals surface area contributed by atoms with Crippen molar-refractivity contribution in [3.05, 3.63) is 68.9 Å². The largest absolute Gasteiger partial charge is 0.321 e. The van der Waals surface area contributed by atoms with E-state index in [0.717, 1.165) is 11.1 Å². The van der Waals surface area contributed by atoms with Crippen molar-refractivity contribution in [3.63, 3.8) is 0 Å². The lowest BCUT2D eigenvalue weighted by atomic mass is 9.85. The molecule has 0 amide bonds. The van der Waals surface area contributed by atoms with Gasteiger partial charge in [-0.05, 0) is 71.4 Å². The highest BCUT2D eigenvalue weighted by molar-refractivity contribution is 9.10. The van der Waals surface area contributed by atoms with Gasteiger partial charge in [-0.2, -0.15) is 0 Å². The zero-order valence-electron chi connectivity index (χ0n) is 12.0. The molecule has 0 spiro atoms. The van der Waals surface area contributed by atoms with Crippen LogP contribution in [0.2, 0.25) is 0 Å². The molecule has 0 saturated heterocycles. The zero-order chi connectivity index (χ0) is 14.9. The van der Waals surface area contributed by atoms with E-state index in [1.807, 2.05) is 13.0 Å². The number of rotatable bonds is 3. The molecule has 0 aliphatic rings. The Morgan fingerprint density at radius 2 is 1.85 bits per heavy atom. The molecule has 0 saturated carbocycles. The number of aryl methyl sites for hydroxylation is 2. The summed E-state index contributed by atoms with van der Waals surface area (Å²) in [5.41, 5.74) is 10.3. The molecule has 20 heavy (non-hydrogen) atoms. The third-order valence-corrected chi connectivity index (χ3v) is 4.64. The van der Waals surface area contributed by atoms with E-state index in [9.17, 15) is 4.39 Å². The number of nitrogens with two attached hydrogens (primary N) is 1. The highest BCUT2D eigenvalue weighted by Crippen LogP contribution is 2.29. The Hall–Kier alpha value is -1.19. The van der Waals surface area contributed by atoms with Crippen LogP contribution in [-0.4, -0.2) is 0 Å². The molecule has 0 aliphatic heterocycles. The van der Waals surface area contributed by atoms with E-state index >= 15 is 0 Å². The zero-order valence-corrected chi connectivity index (χ0v) is 13.6. The highest BCUT2D eigenvalue weighted by atomic mass is 79.9. The maximum Gasteiger partial charge on any atom is 0.137 e. The number of hydrogen-bond acceptors (Lipinski definition) is 1. The minimum atomic E-state index is -0.533. The Morgan fingerprint density at radius 3 is 2.50 bits per heavy atom. The van der Waals surface area contributed by atoms with Crippen molar-refractivity contribution in [2.24, 2.45) is 5.73 Å². The molecule has 1 nitrogen and oxygen atoms in total. The summed E-state index contributed by atoms with van der Waals surface area (Å²) in [5, 5.41) is 0. The van der Waals surface area contributed by atoms with Crippen LogP contribution in [0.1, 0.15) is 29.2 Å². The van der Waals surface area contributed by atoms with Gasteiger partial charge in [-0.15, -0.1) is 0 Å². The summed E-state index contributed by atoms with van der Waals surface area (Å²) in [7, 11) is 0. The fourth-order valence-electron chi connectivity index (χ4n) is 2.28. The molecule has 1 atom stereocenters. The lowest BCUT2D eigenvalue weighted by Gasteiger charge is -2.27. The number of benzene rings is 2. The van der Waals surface area contributed by atoms with Crippen molar-refractivity contribution in [1.29, 1.82) is 0 Å². The van der Waals surface area contributed by atoms with Gasteiger partial charge in [0.05, 0.1) is 4.47 Å². The van der Waals surface area contributed by atoms with E-state index in [0.29, 0.717) is 10.9 Å². The Labute approximate surface area is 128 Å². The molecular weight excluding hydrogens is 317 g/mol. The molecule has 2 N–H and O–H groups in total. The van der Waals surface area contributed by atoms with Crippen molar-refractivity contribution in [2.45, 2.75) is 32.7 Å². The molecule has 0 fully saturated rings. The molecule has 0 bridgehead atoms. The van der Waals surface area contributed by atoms with Crippen LogP contribution < -0.4 is 5.73 Å². The Kier molecular flexibility index (Phi) is 4.31. The first-order valence-electron chi connectivity index (χ1n) is 6.61. The van der Waals surface area contributed by atoms with E-state index in [4.69, 9.17) is 5.73 Å². The average Bonchev–Trinajstić information content (AvgIpc) is 2.38. The second kappa shape index (κ2) is 5.66. The second-order valence-corrected chi connectivity index (χ2v) is 6.40. The van der Waals surface area contributed by atoms with Gasteiger partial charge < -0.3 is 5.73 Å². The Morgan fingerprint density at radius 1 is 1.15 bits per heavy atom. The number of halogens is 2. The first-order chi connectivity index (χ1) is 9.31. The van der Waals surface area contributed by atoms with Gasteiger partial charge in [-0.3, -0.25) is 0 Å². The predicted octanol–water partition coefficient (Wildman–Crippen LogP) is 4.62. The molecule has 106 valence electrons. The normalized spacial score (nSPS) is 14.1. The number of hydrogen-bond donors (Lipinski definition) is 1. The highest BCUT2D eigenvalue weighted by Gasteiger charge is 2.23. The van der Waals surface area contributed by atoms with Gasteiger partial charge in [-0.25, -0.2) is 4.39 Å². The van der Waals surface area contributed by atoms with Crippen LogP contribution in [0.3, 0.4) is 0 Å². The Bertz CT molecular complexity index is 635. The lowest BCUT2D eigenvalue weighted by Crippen LogP contribution is -2.35. The van der Waals surface area contributed by atoms with Gasteiger partial charge in [0, 0.05) is 5.54 Å². The van der Waals surface area contributed by atoms with Crippen molar-refractivity contribution < 1.29 is 4.39 Å². The average molecular weight is 336 g/mol. The topological polar surface area (TPSA) is 26.0 Å². The minimum absolute atomic E-state index is 0.251. The first-order valence-corrected chi connectivity index (χ1v) is 7.40. The van der Waals surface area contributed by atoms with Crippen LogP contribution in [0.15, 0.2) is 40.9 Å². The lowest BCUT2D eigenvalue weighted by molar-refractivity contribution is 0.487. The van der Waals surface area contributed by atoms with Crippen LogP contribution in [0.5, 0.6) is 0 Å². The van der Waals surface area contributed by atoms with E-state index in [1.54, 1.807) is 6.07 Å². The maximum absolute atomic E-state index is 13.6. The Balaban J connectivity index is 2.35. The molecule has 0 aliphatic carbocycles. The molecular formula is C17H19BrFN. The fourth-order valence-corrected chi connectivity index (χ4v) is 2.68. The van der Waals surface area contributed by atoms with Crippen molar-refractivity contribution in [1.82, 2.24) is 0 Å². The van der Waals surface area contributed by atoms with Crippen LogP contribution in [0.4, 0.5) is 4.39 Å². The van der Waals surface area contributed by atoms with Gasteiger partial charge in [0.1, 0.15) is 5.82 Å². The third-order valence-electron chi connectivity index (χ3n) is 3.76. The van der Waals surface area contributed by atoms with E-state index in [2.05, 4.69) is 48.0 Å². The summed E-state index contributed by atoms with van der Waals surface area (Å²) in [6.07, 6.45) is 0.577. The summed E-state index contributed by atoms with van der Waals surface area (Å²) in [6.45, 7) is 6.14. The molecule has 0 heterocycles.